The van der Waals surface area contributed by atoms with Crippen LogP contribution in [0.1, 0.15) is 13.3 Å². The Labute approximate surface area is 102 Å². The van der Waals surface area contributed by atoms with Crippen LogP contribution >= 0.6 is 15.9 Å². The van der Waals surface area contributed by atoms with Gasteiger partial charge in [-0.05, 0) is 18.6 Å². The molecule has 0 bridgehead atoms. The van der Waals surface area contributed by atoms with Gasteiger partial charge in [-0.1, -0.05) is 22.9 Å². The van der Waals surface area contributed by atoms with Crippen molar-refractivity contribution in [2.24, 2.45) is 5.73 Å². The van der Waals surface area contributed by atoms with Crippen molar-refractivity contribution in [2.75, 3.05) is 11.9 Å². The van der Waals surface area contributed by atoms with E-state index in [1.807, 2.05) is 6.92 Å². The van der Waals surface area contributed by atoms with Gasteiger partial charge in [0.1, 0.15) is 5.69 Å². The number of nitro benzene ring substituents is 1. The van der Waals surface area contributed by atoms with E-state index in [2.05, 4.69) is 21.2 Å². The van der Waals surface area contributed by atoms with Crippen LogP contribution in [0.5, 0.6) is 0 Å². The van der Waals surface area contributed by atoms with Crippen molar-refractivity contribution in [1.29, 1.82) is 0 Å². The monoisotopic (exact) mass is 287 g/mol. The molecule has 0 amide bonds. The lowest BCUT2D eigenvalue weighted by Gasteiger charge is -2.11. The fourth-order valence-corrected chi connectivity index (χ4v) is 1.54. The third kappa shape index (κ3) is 3.46. The number of rotatable bonds is 5. The Morgan fingerprint density at radius 1 is 1.62 bits per heavy atom. The molecule has 3 N–H and O–H groups in total. The normalized spacial score (nSPS) is 12.2. The number of nitrogens with one attached hydrogen (secondary N) is 1. The Bertz CT molecular complexity index is 384. The zero-order valence-corrected chi connectivity index (χ0v) is 10.5. The molecule has 0 saturated heterocycles. The van der Waals surface area contributed by atoms with Gasteiger partial charge in [0, 0.05) is 23.1 Å². The summed E-state index contributed by atoms with van der Waals surface area (Å²) in [5, 5.41) is 13.8. The molecule has 5 nitrogen and oxygen atoms in total. The molecule has 0 spiro atoms. The molecule has 6 heteroatoms. The highest BCUT2D eigenvalue weighted by Gasteiger charge is 2.14. The molecule has 1 aromatic carbocycles. The van der Waals surface area contributed by atoms with Gasteiger partial charge in [-0.15, -0.1) is 0 Å². The third-order valence-electron chi connectivity index (χ3n) is 2.24. The van der Waals surface area contributed by atoms with Crippen LogP contribution in [-0.4, -0.2) is 17.5 Å². The van der Waals surface area contributed by atoms with Crippen molar-refractivity contribution < 1.29 is 4.92 Å². The maximum Gasteiger partial charge on any atom is 0.293 e. The predicted molar refractivity (Wildman–Crippen MR) is 67.6 cm³/mol. The van der Waals surface area contributed by atoms with Crippen LogP contribution in [0, 0.1) is 10.1 Å². The molecule has 1 aromatic rings. The second-order valence-corrected chi connectivity index (χ2v) is 4.38. The van der Waals surface area contributed by atoms with Crippen molar-refractivity contribution in [2.45, 2.75) is 19.4 Å². The van der Waals surface area contributed by atoms with Crippen molar-refractivity contribution in [3.05, 3.63) is 32.8 Å². The lowest BCUT2D eigenvalue weighted by Crippen LogP contribution is -2.28. The van der Waals surface area contributed by atoms with Gasteiger partial charge < -0.3 is 11.1 Å². The standard InChI is InChI=1S/C10H14BrN3O2/c1-2-8(12)6-13-9-4-3-7(11)5-10(9)14(15)16/h3-5,8,13H,2,6,12H2,1H3. The summed E-state index contributed by atoms with van der Waals surface area (Å²) in [5.41, 5.74) is 6.29. The van der Waals surface area contributed by atoms with Gasteiger partial charge in [-0.3, -0.25) is 10.1 Å². The molecule has 0 heterocycles. The van der Waals surface area contributed by atoms with Crippen molar-refractivity contribution >= 4 is 27.3 Å². The predicted octanol–water partition coefficient (Wildman–Crippen LogP) is 2.51. The Hall–Kier alpha value is -1.14. The number of nitrogens with two attached hydrogens (primary N) is 1. The fourth-order valence-electron chi connectivity index (χ4n) is 1.19. The van der Waals surface area contributed by atoms with Gasteiger partial charge in [-0.2, -0.15) is 0 Å². The van der Waals surface area contributed by atoms with E-state index in [1.54, 1.807) is 12.1 Å². The van der Waals surface area contributed by atoms with Crippen LogP contribution in [0.15, 0.2) is 22.7 Å². The van der Waals surface area contributed by atoms with Crippen LogP contribution < -0.4 is 11.1 Å². The van der Waals surface area contributed by atoms with E-state index in [4.69, 9.17) is 5.73 Å². The Balaban J connectivity index is 2.82. The first kappa shape index (κ1) is 12.9. The smallest absolute Gasteiger partial charge is 0.293 e. The minimum atomic E-state index is -0.412. The Kier molecular flexibility index (Phi) is 4.70. The number of halogens is 1. The molecule has 0 aliphatic heterocycles. The maximum absolute atomic E-state index is 10.8. The number of benzene rings is 1. The number of nitro groups is 1. The van der Waals surface area contributed by atoms with E-state index in [9.17, 15) is 10.1 Å². The molecule has 0 saturated carbocycles. The van der Waals surface area contributed by atoms with Gasteiger partial charge in [0.15, 0.2) is 0 Å². The minimum Gasteiger partial charge on any atom is -0.378 e. The SMILES string of the molecule is CCC(N)CNc1ccc(Br)cc1[N+](=O)[O-]. The van der Waals surface area contributed by atoms with E-state index in [1.165, 1.54) is 6.07 Å². The van der Waals surface area contributed by atoms with Gasteiger partial charge in [0.2, 0.25) is 0 Å². The molecule has 0 fully saturated rings. The molecule has 0 radical (unpaired) electrons. The van der Waals surface area contributed by atoms with E-state index in [0.29, 0.717) is 16.7 Å². The molecule has 0 aliphatic carbocycles. The number of hydrogen-bond acceptors (Lipinski definition) is 4. The minimum absolute atomic E-state index is 0.00301. The van der Waals surface area contributed by atoms with Crippen molar-refractivity contribution in [3.8, 4) is 0 Å². The zero-order chi connectivity index (χ0) is 12.1. The fraction of sp³-hybridized carbons (Fsp3) is 0.400. The topological polar surface area (TPSA) is 81.2 Å². The first-order chi connectivity index (χ1) is 7.54. The first-order valence-electron chi connectivity index (χ1n) is 4.98. The second kappa shape index (κ2) is 5.81. The molecule has 1 atom stereocenters. The lowest BCUT2D eigenvalue weighted by molar-refractivity contribution is -0.384. The highest BCUT2D eigenvalue weighted by molar-refractivity contribution is 9.10. The molecule has 1 rings (SSSR count). The molecule has 0 aromatic heterocycles. The summed E-state index contributed by atoms with van der Waals surface area (Å²) in [6, 6.07) is 4.90. The number of nitrogens with zero attached hydrogens (tertiary/aromatic N) is 1. The molecule has 88 valence electrons. The Morgan fingerprint density at radius 3 is 2.88 bits per heavy atom. The highest BCUT2D eigenvalue weighted by atomic mass is 79.9. The largest absolute Gasteiger partial charge is 0.378 e. The summed E-state index contributed by atoms with van der Waals surface area (Å²) in [7, 11) is 0. The molecular formula is C10H14BrN3O2. The zero-order valence-electron chi connectivity index (χ0n) is 8.94. The van der Waals surface area contributed by atoms with E-state index >= 15 is 0 Å². The molecule has 16 heavy (non-hydrogen) atoms. The summed E-state index contributed by atoms with van der Waals surface area (Å²) < 4.78 is 0.685. The van der Waals surface area contributed by atoms with Crippen LogP contribution in [0.2, 0.25) is 0 Å². The molecule has 1 unspecified atom stereocenters. The summed E-state index contributed by atoms with van der Waals surface area (Å²) in [4.78, 5) is 10.4. The van der Waals surface area contributed by atoms with Crippen molar-refractivity contribution in [1.82, 2.24) is 0 Å². The Morgan fingerprint density at radius 2 is 2.31 bits per heavy atom. The maximum atomic E-state index is 10.8. The lowest BCUT2D eigenvalue weighted by atomic mass is 10.2. The third-order valence-corrected chi connectivity index (χ3v) is 2.73. The van der Waals surface area contributed by atoms with Crippen molar-refractivity contribution in [3.63, 3.8) is 0 Å². The summed E-state index contributed by atoms with van der Waals surface area (Å²) in [6.45, 7) is 2.50. The number of anilines is 1. The summed E-state index contributed by atoms with van der Waals surface area (Å²) in [5.74, 6) is 0. The van der Waals surface area contributed by atoms with Crippen LogP contribution in [0.4, 0.5) is 11.4 Å². The van der Waals surface area contributed by atoms with Crippen LogP contribution in [0.3, 0.4) is 0 Å². The van der Waals surface area contributed by atoms with E-state index in [-0.39, 0.29) is 11.7 Å². The average molecular weight is 288 g/mol. The average Bonchev–Trinajstić information content (AvgIpc) is 2.26. The van der Waals surface area contributed by atoms with E-state index < -0.39 is 4.92 Å². The molecule has 0 aliphatic rings. The van der Waals surface area contributed by atoms with Gasteiger partial charge in [-0.25, -0.2) is 0 Å². The van der Waals surface area contributed by atoms with Crippen LogP contribution in [-0.2, 0) is 0 Å². The van der Waals surface area contributed by atoms with Crippen LogP contribution in [0.25, 0.3) is 0 Å². The van der Waals surface area contributed by atoms with Gasteiger partial charge in [0.25, 0.3) is 5.69 Å². The van der Waals surface area contributed by atoms with Gasteiger partial charge >= 0.3 is 0 Å². The van der Waals surface area contributed by atoms with E-state index in [0.717, 1.165) is 6.42 Å². The summed E-state index contributed by atoms with van der Waals surface area (Å²) >= 11 is 3.20. The molecular weight excluding hydrogens is 274 g/mol. The summed E-state index contributed by atoms with van der Waals surface area (Å²) in [6.07, 6.45) is 0.831. The quantitative estimate of drug-likeness (QED) is 0.644. The second-order valence-electron chi connectivity index (χ2n) is 3.47. The number of hydrogen-bond donors (Lipinski definition) is 2. The first-order valence-corrected chi connectivity index (χ1v) is 5.77. The van der Waals surface area contributed by atoms with Gasteiger partial charge in [0.05, 0.1) is 4.92 Å². The highest BCUT2D eigenvalue weighted by Crippen LogP contribution is 2.27.